The number of fused-ring (bicyclic) bond motifs is 1. The fraction of sp³-hybridized carbons (Fsp3) is 0.571. The van der Waals surface area contributed by atoms with Gasteiger partial charge in [-0.15, -0.1) is 0 Å². The van der Waals surface area contributed by atoms with Gasteiger partial charge in [0.15, 0.2) is 0 Å². The molecule has 0 heterocycles. The van der Waals surface area contributed by atoms with Crippen molar-refractivity contribution in [1.82, 2.24) is 5.32 Å². The van der Waals surface area contributed by atoms with Gasteiger partial charge >= 0.3 is 0 Å². The highest BCUT2D eigenvalue weighted by Crippen LogP contribution is 2.36. The summed E-state index contributed by atoms with van der Waals surface area (Å²) in [4.78, 5) is 0. The van der Waals surface area contributed by atoms with Crippen molar-refractivity contribution < 1.29 is 4.74 Å². The average molecular weight is 219 g/mol. The topological polar surface area (TPSA) is 21.3 Å². The van der Waals surface area contributed by atoms with Crippen molar-refractivity contribution in [3.63, 3.8) is 0 Å². The molecule has 0 saturated carbocycles. The van der Waals surface area contributed by atoms with E-state index in [1.807, 2.05) is 6.92 Å². The third kappa shape index (κ3) is 2.22. The minimum atomic E-state index is 0.537. The first kappa shape index (κ1) is 11.5. The van der Waals surface area contributed by atoms with E-state index in [0.29, 0.717) is 6.04 Å². The zero-order chi connectivity index (χ0) is 11.4. The van der Waals surface area contributed by atoms with Crippen LogP contribution in [0.15, 0.2) is 18.2 Å². The molecule has 88 valence electrons. The highest BCUT2D eigenvalue weighted by molar-refractivity contribution is 5.45. The number of rotatable bonds is 5. The van der Waals surface area contributed by atoms with Crippen LogP contribution >= 0.6 is 0 Å². The molecule has 1 aliphatic rings. The molecule has 0 amide bonds. The van der Waals surface area contributed by atoms with Gasteiger partial charge in [0.1, 0.15) is 5.75 Å². The Morgan fingerprint density at radius 3 is 3.00 bits per heavy atom. The standard InChI is InChI=1S/C14H21NO/c1-3-10-15-13-9-8-12-11(13)6-5-7-14(12)16-4-2/h5-7,13,15H,3-4,8-10H2,1-2H3. The van der Waals surface area contributed by atoms with E-state index in [4.69, 9.17) is 4.74 Å². The Morgan fingerprint density at radius 1 is 1.38 bits per heavy atom. The number of hydrogen-bond acceptors (Lipinski definition) is 2. The van der Waals surface area contributed by atoms with E-state index in [0.717, 1.165) is 25.3 Å². The van der Waals surface area contributed by atoms with Crippen LogP contribution in [0.25, 0.3) is 0 Å². The van der Waals surface area contributed by atoms with Crippen molar-refractivity contribution in [2.45, 2.75) is 39.2 Å². The Bertz CT molecular complexity index is 349. The Morgan fingerprint density at radius 2 is 2.25 bits per heavy atom. The van der Waals surface area contributed by atoms with Crippen LogP contribution < -0.4 is 10.1 Å². The van der Waals surface area contributed by atoms with E-state index in [1.165, 1.54) is 24.0 Å². The molecular weight excluding hydrogens is 198 g/mol. The van der Waals surface area contributed by atoms with Gasteiger partial charge in [-0.05, 0) is 49.9 Å². The van der Waals surface area contributed by atoms with Crippen LogP contribution in [0.2, 0.25) is 0 Å². The summed E-state index contributed by atoms with van der Waals surface area (Å²) in [5.74, 6) is 1.08. The lowest BCUT2D eigenvalue weighted by Crippen LogP contribution is -2.19. The van der Waals surface area contributed by atoms with E-state index < -0.39 is 0 Å². The summed E-state index contributed by atoms with van der Waals surface area (Å²) in [5, 5.41) is 3.60. The van der Waals surface area contributed by atoms with Gasteiger partial charge in [-0.25, -0.2) is 0 Å². The zero-order valence-corrected chi connectivity index (χ0v) is 10.3. The molecule has 2 rings (SSSR count). The van der Waals surface area contributed by atoms with Crippen molar-refractivity contribution in [3.05, 3.63) is 29.3 Å². The molecule has 0 aliphatic heterocycles. The van der Waals surface area contributed by atoms with Crippen LogP contribution in [0.1, 0.15) is 43.9 Å². The number of hydrogen-bond donors (Lipinski definition) is 1. The van der Waals surface area contributed by atoms with Crippen molar-refractivity contribution >= 4 is 0 Å². The first-order chi connectivity index (χ1) is 7.86. The number of benzene rings is 1. The maximum atomic E-state index is 5.67. The summed E-state index contributed by atoms with van der Waals surface area (Å²) >= 11 is 0. The summed E-state index contributed by atoms with van der Waals surface area (Å²) in [6, 6.07) is 6.97. The Balaban J connectivity index is 2.16. The van der Waals surface area contributed by atoms with Crippen LogP contribution in [0.3, 0.4) is 0 Å². The third-order valence-electron chi connectivity index (χ3n) is 3.17. The normalized spacial score (nSPS) is 18.5. The molecule has 1 aromatic carbocycles. The molecule has 0 aromatic heterocycles. The van der Waals surface area contributed by atoms with Crippen LogP contribution in [0, 0.1) is 0 Å². The first-order valence-electron chi connectivity index (χ1n) is 6.34. The molecule has 1 N–H and O–H groups in total. The van der Waals surface area contributed by atoms with Crippen molar-refractivity contribution in [1.29, 1.82) is 0 Å². The van der Waals surface area contributed by atoms with Gasteiger partial charge in [-0.1, -0.05) is 19.1 Å². The van der Waals surface area contributed by atoms with Crippen molar-refractivity contribution in [2.75, 3.05) is 13.2 Å². The van der Waals surface area contributed by atoms with Crippen LogP contribution in [-0.4, -0.2) is 13.2 Å². The minimum Gasteiger partial charge on any atom is -0.494 e. The molecule has 0 saturated heterocycles. The zero-order valence-electron chi connectivity index (χ0n) is 10.3. The summed E-state index contributed by atoms with van der Waals surface area (Å²) in [6.07, 6.45) is 3.54. The number of nitrogens with one attached hydrogen (secondary N) is 1. The maximum absolute atomic E-state index is 5.67. The van der Waals surface area contributed by atoms with Crippen LogP contribution in [-0.2, 0) is 6.42 Å². The molecule has 2 nitrogen and oxygen atoms in total. The lowest BCUT2D eigenvalue weighted by Gasteiger charge is -2.14. The monoisotopic (exact) mass is 219 g/mol. The molecule has 1 atom stereocenters. The second-order valence-electron chi connectivity index (χ2n) is 4.30. The van der Waals surface area contributed by atoms with Gasteiger partial charge in [-0.2, -0.15) is 0 Å². The maximum Gasteiger partial charge on any atom is 0.122 e. The van der Waals surface area contributed by atoms with Crippen molar-refractivity contribution in [3.8, 4) is 5.75 Å². The Kier molecular flexibility index (Phi) is 3.83. The first-order valence-corrected chi connectivity index (χ1v) is 6.34. The molecule has 0 bridgehead atoms. The summed E-state index contributed by atoms with van der Waals surface area (Å²) < 4.78 is 5.67. The highest BCUT2D eigenvalue weighted by Gasteiger charge is 2.24. The van der Waals surface area contributed by atoms with Crippen LogP contribution in [0.5, 0.6) is 5.75 Å². The molecule has 0 fully saturated rings. The van der Waals surface area contributed by atoms with Gasteiger partial charge in [0, 0.05) is 6.04 Å². The molecule has 16 heavy (non-hydrogen) atoms. The lowest BCUT2D eigenvalue weighted by molar-refractivity contribution is 0.337. The van der Waals surface area contributed by atoms with E-state index in [2.05, 4.69) is 30.4 Å². The van der Waals surface area contributed by atoms with E-state index in [1.54, 1.807) is 0 Å². The molecule has 0 spiro atoms. The second kappa shape index (κ2) is 5.35. The SMILES string of the molecule is CCCNC1CCc2c(OCC)cccc21. The van der Waals surface area contributed by atoms with E-state index in [9.17, 15) is 0 Å². The number of ether oxygens (including phenoxy) is 1. The predicted octanol–water partition coefficient (Wildman–Crippen LogP) is 3.07. The molecule has 0 radical (unpaired) electrons. The van der Waals surface area contributed by atoms with Gasteiger partial charge in [0.05, 0.1) is 6.61 Å². The van der Waals surface area contributed by atoms with Gasteiger partial charge in [-0.3, -0.25) is 0 Å². The van der Waals surface area contributed by atoms with Crippen LogP contribution in [0.4, 0.5) is 0 Å². The molecule has 1 unspecified atom stereocenters. The van der Waals surface area contributed by atoms with Gasteiger partial charge < -0.3 is 10.1 Å². The summed E-state index contributed by atoms with van der Waals surface area (Å²) in [6.45, 7) is 6.10. The fourth-order valence-corrected chi connectivity index (χ4v) is 2.44. The highest BCUT2D eigenvalue weighted by atomic mass is 16.5. The molecule has 1 aliphatic carbocycles. The molecule has 2 heteroatoms. The summed E-state index contributed by atoms with van der Waals surface area (Å²) in [5.41, 5.74) is 2.86. The Labute approximate surface area is 98.0 Å². The fourth-order valence-electron chi connectivity index (χ4n) is 2.44. The average Bonchev–Trinajstić information content (AvgIpc) is 2.71. The molecule has 1 aromatic rings. The van der Waals surface area contributed by atoms with E-state index >= 15 is 0 Å². The van der Waals surface area contributed by atoms with Gasteiger partial charge in [0.25, 0.3) is 0 Å². The summed E-state index contributed by atoms with van der Waals surface area (Å²) in [7, 11) is 0. The quantitative estimate of drug-likeness (QED) is 0.821. The second-order valence-corrected chi connectivity index (χ2v) is 4.30. The molecular formula is C14H21NO. The smallest absolute Gasteiger partial charge is 0.122 e. The minimum absolute atomic E-state index is 0.537. The lowest BCUT2D eigenvalue weighted by atomic mass is 10.1. The largest absolute Gasteiger partial charge is 0.494 e. The third-order valence-corrected chi connectivity index (χ3v) is 3.17. The van der Waals surface area contributed by atoms with Gasteiger partial charge in [0.2, 0.25) is 0 Å². The predicted molar refractivity (Wildman–Crippen MR) is 67.0 cm³/mol. The van der Waals surface area contributed by atoms with E-state index in [-0.39, 0.29) is 0 Å². The van der Waals surface area contributed by atoms with Crippen molar-refractivity contribution in [2.24, 2.45) is 0 Å². The Hall–Kier alpha value is -1.02.